The van der Waals surface area contributed by atoms with Gasteiger partial charge < -0.3 is 19.9 Å². The number of methoxy groups -OCH3 is 1. The number of hydrogen-bond acceptors (Lipinski definition) is 4. The Morgan fingerprint density at radius 3 is 2.75 bits per heavy atom. The number of aliphatic carboxylic acids is 1. The van der Waals surface area contributed by atoms with Crippen molar-refractivity contribution < 1.29 is 24.2 Å². The van der Waals surface area contributed by atoms with Crippen LogP contribution in [0.3, 0.4) is 0 Å². The fourth-order valence-corrected chi connectivity index (χ4v) is 1.51. The van der Waals surface area contributed by atoms with E-state index in [0.29, 0.717) is 5.75 Å². The minimum absolute atomic E-state index is 0.114. The van der Waals surface area contributed by atoms with Crippen LogP contribution in [-0.4, -0.2) is 43.3 Å². The first kappa shape index (κ1) is 15.7. The number of ether oxygens (including phenoxy) is 2. The molecule has 6 heteroatoms. The van der Waals surface area contributed by atoms with E-state index in [1.807, 2.05) is 0 Å². The van der Waals surface area contributed by atoms with Gasteiger partial charge in [0.25, 0.3) is 5.91 Å². The van der Waals surface area contributed by atoms with Crippen LogP contribution in [0.4, 0.5) is 0 Å². The maximum absolute atomic E-state index is 12.1. The van der Waals surface area contributed by atoms with Gasteiger partial charge in [0.1, 0.15) is 12.4 Å². The van der Waals surface area contributed by atoms with Crippen molar-refractivity contribution in [3.05, 3.63) is 42.5 Å². The van der Waals surface area contributed by atoms with Gasteiger partial charge in [-0.1, -0.05) is 24.8 Å². The number of carboxylic acid groups (broad SMARTS) is 1. The van der Waals surface area contributed by atoms with Crippen LogP contribution < -0.4 is 10.1 Å². The molecule has 0 bridgehead atoms. The van der Waals surface area contributed by atoms with E-state index < -0.39 is 17.9 Å². The number of carboxylic acids is 1. The second-order valence-electron chi connectivity index (χ2n) is 3.92. The minimum Gasteiger partial charge on any atom is -0.489 e. The molecule has 0 aliphatic heterocycles. The number of nitrogens with one attached hydrogen (secondary N) is 1. The maximum Gasteiger partial charge on any atom is 0.328 e. The number of carbonyl (C=O) groups excluding carboxylic acids is 1. The zero-order chi connectivity index (χ0) is 15.0. The van der Waals surface area contributed by atoms with E-state index in [1.165, 1.54) is 7.11 Å². The highest BCUT2D eigenvalue weighted by molar-refractivity contribution is 5.98. The topological polar surface area (TPSA) is 84.9 Å². The van der Waals surface area contributed by atoms with Crippen LogP contribution in [0.25, 0.3) is 0 Å². The Morgan fingerprint density at radius 2 is 2.15 bits per heavy atom. The van der Waals surface area contributed by atoms with Gasteiger partial charge in [0.2, 0.25) is 0 Å². The lowest BCUT2D eigenvalue weighted by Crippen LogP contribution is -2.43. The maximum atomic E-state index is 12.1. The van der Waals surface area contributed by atoms with Crippen molar-refractivity contribution in [3.8, 4) is 5.75 Å². The number of benzene rings is 1. The van der Waals surface area contributed by atoms with Crippen molar-refractivity contribution in [1.29, 1.82) is 0 Å². The Labute approximate surface area is 117 Å². The molecule has 0 aliphatic rings. The van der Waals surface area contributed by atoms with E-state index >= 15 is 0 Å². The van der Waals surface area contributed by atoms with Gasteiger partial charge in [-0.2, -0.15) is 0 Å². The number of hydrogen-bond donors (Lipinski definition) is 2. The Morgan fingerprint density at radius 1 is 1.45 bits per heavy atom. The van der Waals surface area contributed by atoms with Crippen molar-refractivity contribution in [1.82, 2.24) is 5.32 Å². The Kier molecular flexibility index (Phi) is 6.25. The molecular weight excluding hydrogens is 262 g/mol. The third kappa shape index (κ3) is 4.40. The molecule has 6 nitrogen and oxygen atoms in total. The predicted molar refractivity (Wildman–Crippen MR) is 72.9 cm³/mol. The Bertz CT molecular complexity index is 486. The van der Waals surface area contributed by atoms with E-state index in [2.05, 4.69) is 11.9 Å². The normalized spacial score (nSPS) is 11.4. The first-order valence-corrected chi connectivity index (χ1v) is 5.95. The average Bonchev–Trinajstić information content (AvgIpc) is 2.44. The molecule has 0 aromatic heterocycles. The number of amides is 1. The van der Waals surface area contributed by atoms with Crippen LogP contribution >= 0.6 is 0 Å². The standard InChI is InChI=1S/C14H17NO5/c1-3-8-20-12-7-5-4-6-10(12)13(16)15-11(9-19-2)14(17)18/h3-7,11H,1,8-9H2,2H3,(H,15,16)(H,17,18). The highest BCUT2D eigenvalue weighted by Crippen LogP contribution is 2.18. The van der Waals surface area contributed by atoms with Crippen LogP contribution in [-0.2, 0) is 9.53 Å². The van der Waals surface area contributed by atoms with Gasteiger partial charge in [0.15, 0.2) is 6.04 Å². The van der Waals surface area contributed by atoms with Gasteiger partial charge in [-0.25, -0.2) is 4.79 Å². The molecule has 0 heterocycles. The summed E-state index contributed by atoms with van der Waals surface area (Å²) in [6.45, 7) is 3.67. The lowest BCUT2D eigenvalue weighted by molar-refractivity contribution is -0.140. The molecule has 0 radical (unpaired) electrons. The highest BCUT2D eigenvalue weighted by atomic mass is 16.5. The molecule has 1 aromatic carbocycles. The Hall–Kier alpha value is -2.34. The highest BCUT2D eigenvalue weighted by Gasteiger charge is 2.22. The SMILES string of the molecule is C=CCOc1ccccc1C(=O)NC(COC)C(=O)O. The van der Waals surface area contributed by atoms with Crippen LogP contribution in [0.1, 0.15) is 10.4 Å². The third-order valence-corrected chi connectivity index (χ3v) is 2.43. The van der Waals surface area contributed by atoms with Crippen molar-refractivity contribution in [2.24, 2.45) is 0 Å². The van der Waals surface area contributed by atoms with Crippen LogP contribution in [0.2, 0.25) is 0 Å². The van der Waals surface area contributed by atoms with E-state index in [4.69, 9.17) is 14.6 Å². The summed E-state index contributed by atoms with van der Waals surface area (Å²) in [4.78, 5) is 23.1. The summed E-state index contributed by atoms with van der Waals surface area (Å²) >= 11 is 0. The molecule has 1 aromatic rings. The fraction of sp³-hybridized carbons (Fsp3) is 0.286. The molecule has 0 saturated carbocycles. The number of carbonyl (C=O) groups is 2. The van der Waals surface area contributed by atoms with Crippen molar-refractivity contribution >= 4 is 11.9 Å². The third-order valence-electron chi connectivity index (χ3n) is 2.43. The van der Waals surface area contributed by atoms with Crippen LogP contribution in [0.15, 0.2) is 36.9 Å². The fourth-order valence-electron chi connectivity index (χ4n) is 1.51. The molecular formula is C14H17NO5. The average molecular weight is 279 g/mol. The molecule has 1 rings (SSSR count). The lowest BCUT2D eigenvalue weighted by Gasteiger charge is -2.15. The van der Waals surface area contributed by atoms with E-state index in [9.17, 15) is 9.59 Å². The monoisotopic (exact) mass is 279 g/mol. The van der Waals surface area contributed by atoms with Crippen molar-refractivity contribution in [2.45, 2.75) is 6.04 Å². The van der Waals surface area contributed by atoms with Gasteiger partial charge >= 0.3 is 5.97 Å². The summed E-state index contributed by atoms with van der Waals surface area (Å²) in [6.07, 6.45) is 1.56. The van der Waals surface area contributed by atoms with Gasteiger partial charge in [0.05, 0.1) is 12.2 Å². The Balaban J connectivity index is 2.85. The van der Waals surface area contributed by atoms with Gasteiger partial charge in [0, 0.05) is 7.11 Å². The molecule has 0 spiro atoms. The molecule has 0 fully saturated rings. The molecule has 1 amide bonds. The summed E-state index contributed by atoms with van der Waals surface area (Å²) in [5.41, 5.74) is 0.261. The molecule has 108 valence electrons. The molecule has 20 heavy (non-hydrogen) atoms. The molecule has 1 unspecified atom stereocenters. The molecule has 0 aliphatic carbocycles. The van der Waals surface area contributed by atoms with E-state index in [-0.39, 0.29) is 18.8 Å². The lowest BCUT2D eigenvalue weighted by atomic mass is 10.1. The smallest absolute Gasteiger partial charge is 0.328 e. The van der Waals surface area contributed by atoms with Gasteiger partial charge in [-0.3, -0.25) is 4.79 Å². The van der Waals surface area contributed by atoms with Crippen LogP contribution in [0.5, 0.6) is 5.75 Å². The summed E-state index contributed by atoms with van der Waals surface area (Å²) in [5, 5.41) is 11.4. The molecule has 1 atom stereocenters. The second kappa shape index (κ2) is 7.96. The first-order valence-electron chi connectivity index (χ1n) is 5.95. The summed E-state index contributed by atoms with van der Waals surface area (Å²) in [7, 11) is 1.36. The quantitative estimate of drug-likeness (QED) is 0.696. The number of rotatable bonds is 8. The molecule has 2 N–H and O–H groups in total. The zero-order valence-corrected chi connectivity index (χ0v) is 11.2. The van der Waals surface area contributed by atoms with Crippen LogP contribution in [0, 0.1) is 0 Å². The number of para-hydroxylation sites is 1. The van der Waals surface area contributed by atoms with E-state index in [0.717, 1.165) is 0 Å². The minimum atomic E-state index is -1.16. The summed E-state index contributed by atoms with van der Waals surface area (Å²) < 4.78 is 10.1. The summed E-state index contributed by atoms with van der Waals surface area (Å²) in [5.74, 6) is -1.33. The van der Waals surface area contributed by atoms with E-state index in [1.54, 1.807) is 30.3 Å². The predicted octanol–water partition coefficient (Wildman–Crippen LogP) is 1.08. The van der Waals surface area contributed by atoms with Crippen molar-refractivity contribution in [2.75, 3.05) is 20.3 Å². The zero-order valence-electron chi connectivity index (χ0n) is 11.2. The largest absolute Gasteiger partial charge is 0.489 e. The first-order chi connectivity index (χ1) is 9.60. The second-order valence-corrected chi connectivity index (χ2v) is 3.92. The molecule has 0 saturated heterocycles. The van der Waals surface area contributed by atoms with Gasteiger partial charge in [-0.05, 0) is 12.1 Å². The summed E-state index contributed by atoms with van der Waals surface area (Å²) in [6, 6.07) is 5.46. The van der Waals surface area contributed by atoms with Crippen molar-refractivity contribution in [3.63, 3.8) is 0 Å². The van der Waals surface area contributed by atoms with Gasteiger partial charge in [-0.15, -0.1) is 0 Å².